The van der Waals surface area contributed by atoms with Crippen LogP contribution in [0.4, 0.5) is 4.79 Å². The number of carbonyl (C=O) groups is 2. The summed E-state index contributed by atoms with van der Waals surface area (Å²) in [7, 11) is 0. The van der Waals surface area contributed by atoms with Crippen LogP contribution >= 0.6 is 0 Å². The fraction of sp³-hybridized carbons (Fsp3) is 0.517. The fourth-order valence-electron chi connectivity index (χ4n) is 6.20. The number of fused-ring (bicyclic) bond motifs is 6. The number of hydrogen-bond donors (Lipinski definition) is 2. The van der Waals surface area contributed by atoms with Crippen molar-refractivity contribution in [2.24, 2.45) is 0 Å². The third-order valence-electron chi connectivity index (χ3n) is 7.63. The monoisotopic (exact) mass is 539 g/mol. The van der Waals surface area contributed by atoms with E-state index in [1.54, 1.807) is 27.7 Å². The lowest BCUT2D eigenvalue weighted by Crippen LogP contribution is -2.62. The first kappa shape index (κ1) is 26.2. The van der Waals surface area contributed by atoms with Gasteiger partial charge in [-0.05, 0) is 49.9 Å². The average Bonchev–Trinajstić information content (AvgIpc) is 3.48. The van der Waals surface area contributed by atoms with Crippen molar-refractivity contribution in [2.45, 2.75) is 88.4 Å². The number of amides is 1. The number of aliphatic carboxylic acids is 1. The molecule has 0 saturated carbocycles. The summed E-state index contributed by atoms with van der Waals surface area (Å²) in [6.07, 6.45) is -4.70. The van der Waals surface area contributed by atoms with Crippen molar-refractivity contribution in [2.75, 3.05) is 6.61 Å². The van der Waals surface area contributed by atoms with Crippen molar-refractivity contribution < 1.29 is 43.1 Å². The van der Waals surface area contributed by atoms with E-state index in [1.807, 2.05) is 36.4 Å². The van der Waals surface area contributed by atoms with Crippen LogP contribution in [0.2, 0.25) is 0 Å². The minimum absolute atomic E-state index is 0.0969. The van der Waals surface area contributed by atoms with E-state index in [9.17, 15) is 14.7 Å². The second-order valence-corrected chi connectivity index (χ2v) is 11.3. The van der Waals surface area contributed by atoms with Gasteiger partial charge < -0.3 is 38.8 Å². The number of carboxylic acid groups (broad SMARTS) is 1. The highest BCUT2D eigenvalue weighted by atomic mass is 16.9. The van der Waals surface area contributed by atoms with Gasteiger partial charge in [-0.2, -0.15) is 0 Å². The number of carbonyl (C=O) groups excluding carboxylic acids is 1. The topological polar surface area (TPSA) is 122 Å². The third kappa shape index (κ3) is 4.92. The molecule has 208 valence electrons. The van der Waals surface area contributed by atoms with Crippen LogP contribution in [-0.4, -0.2) is 72.1 Å². The number of rotatable bonds is 6. The second kappa shape index (κ2) is 9.57. The largest absolute Gasteiger partial charge is 0.481 e. The quantitative estimate of drug-likeness (QED) is 0.565. The standard InChI is InChI=1S/C29H33NO9/c1-28(2)36-23-22(35-26-25(24(23)37-28)38-29(3,4)39-26)20(13-21(31)32)30-27(33)34-14-19-17-11-7-5-9-15(17)16-10-6-8-12-18(16)19/h5-12,19-20,22-26H,13-14H2,1-4H3,(H,30,33)(H,31,32). The van der Waals surface area contributed by atoms with E-state index in [-0.39, 0.29) is 12.5 Å². The number of carboxylic acids is 1. The molecule has 6 unspecified atom stereocenters. The van der Waals surface area contributed by atoms with E-state index in [0.717, 1.165) is 22.3 Å². The predicted octanol–water partition coefficient (Wildman–Crippen LogP) is 3.76. The Labute approximate surface area is 226 Å². The summed E-state index contributed by atoms with van der Waals surface area (Å²) < 4.78 is 36.1. The molecule has 0 bridgehead atoms. The first-order valence-electron chi connectivity index (χ1n) is 13.2. The van der Waals surface area contributed by atoms with Gasteiger partial charge in [0.1, 0.15) is 31.0 Å². The van der Waals surface area contributed by atoms with Gasteiger partial charge in [-0.25, -0.2) is 4.79 Å². The molecule has 1 amide bonds. The normalized spacial score (nSPS) is 30.5. The van der Waals surface area contributed by atoms with E-state index in [1.165, 1.54) is 0 Å². The van der Waals surface area contributed by atoms with Crippen LogP contribution in [0.25, 0.3) is 11.1 Å². The maximum Gasteiger partial charge on any atom is 0.407 e. The smallest absolute Gasteiger partial charge is 0.407 e. The van der Waals surface area contributed by atoms with Gasteiger partial charge in [-0.1, -0.05) is 48.5 Å². The van der Waals surface area contributed by atoms with E-state index in [4.69, 9.17) is 28.4 Å². The van der Waals surface area contributed by atoms with Crippen molar-refractivity contribution in [1.82, 2.24) is 5.32 Å². The Morgan fingerprint density at radius 3 is 2.08 bits per heavy atom. The Balaban J connectivity index is 1.20. The van der Waals surface area contributed by atoms with Gasteiger partial charge in [-0.3, -0.25) is 4.79 Å². The zero-order valence-corrected chi connectivity index (χ0v) is 22.3. The summed E-state index contributed by atoms with van der Waals surface area (Å²) in [6.45, 7) is 7.17. The van der Waals surface area contributed by atoms with E-state index in [2.05, 4.69) is 17.4 Å². The summed E-state index contributed by atoms with van der Waals surface area (Å²) in [4.78, 5) is 24.9. The summed E-state index contributed by atoms with van der Waals surface area (Å²) >= 11 is 0. The number of benzene rings is 2. The molecule has 0 aromatic heterocycles. The van der Waals surface area contributed by atoms with Gasteiger partial charge in [0.05, 0.1) is 12.5 Å². The van der Waals surface area contributed by atoms with Crippen LogP contribution in [0.1, 0.15) is 51.2 Å². The maximum absolute atomic E-state index is 13.1. The minimum Gasteiger partial charge on any atom is -0.481 e. The molecule has 1 aliphatic carbocycles. The molecule has 2 N–H and O–H groups in total. The van der Waals surface area contributed by atoms with Crippen molar-refractivity contribution in [3.63, 3.8) is 0 Å². The maximum atomic E-state index is 13.1. The molecule has 2 aromatic rings. The first-order chi connectivity index (χ1) is 18.5. The number of nitrogens with one attached hydrogen (secondary N) is 1. The summed E-state index contributed by atoms with van der Waals surface area (Å²) in [6, 6.07) is 15.1. The van der Waals surface area contributed by atoms with Crippen LogP contribution in [0.15, 0.2) is 48.5 Å². The van der Waals surface area contributed by atoms with Gasteiger partial charge in [0.25, 0.3) is 0 Å². The molecule has 39 heavy (non-hydrogen) atoms. The number of hydrogen-bond acceptors (Lipinski definition) is 8. The van der Waals surface area contributed by atoms with Gasteiger partial charge in [-0.15, -0.1) is 0 Å². The molecule has 6 rings (SSSR count). The van der Waals surface area contributed by atoms with Crippen LogP contribution < -0.4 is 5.32 Å². The highest BCUT2D eigenvalue weighted by Gasteiger charge is 2.62. The highest BCUT2D eigenvalue weighted by molar-refractivity contribution is 5.79. The van der Waals surface area contributed by atoms with Crippen molar-refractivity contribution in [1.29, 1.82) is 0 Å². The van der Waals surface area contributed by atoms with E-state index < -0.39 is 66.8 Å². The number of alkyl carbamates (subject to hydrolysis) is 1. The molecular weight excluding hydrogens is 506 g/mol. The Hall–Kier alpha value is -3.02. The molecule has 6 atom stereocenters. The summed E-state index contributed by atoms with van der Waals surface area (Å²) in [5, 5.41) is 12.4. The molecule has 0 spiro atoms. The van der Waals surface area contributed by atoms with Gasteiger partial charge in [0, 0.05) is 5.92 Å². The van der Waals surface area contributed by atoms with Crippen molar-refractivity contribution in [3.05, 3.63) is 59.7 Å². The van der Waals surface area contributed by atoms with E-state index in [0.29, 0.717) is 0 Å². The molecule has 3 fully saturated rings. The number of ether oxygens (including phenoxy) is 6. The lowest BCUT2D eigenvalue weighted by molar-refractivity contribution is -0.239. The molecule has 2 aromatic carbocycles. The zero-order valence-electron chi connectivity index (χ0n) is 22.3. The minimum atomic E-state index is -1.11. The fourth-order valence-corrected chi connectivity index (χ4v) is 6.20. The molecule has 10 nitrogen and oxygen atoms in total. The molecule has 0 radical (unpaired) electrons. The summed E-state index contributed by atoms with van der Waals surface area (Å²) in [5.41, 5.74) is 4.39. The molecule has 10 heteroatoms. The average molecular weight is 540 g/mol. The molecule has 3 aliphatic heterocycles. The first-order valence-corrected chi connectivity index (χ1v) is 13.2. The van der Waals surface area contributed by atoms with Crippen molar-refractivity contribution in [3.8, 4) is 11.1 Å². The third-order valence-corrected chi connectivity index (χ3v) is 7.63. The van der Waals surface area contributed by atoms with E-state index >= 15 is 0 Å². The Morgan fingerprint density at radius 1 is 0.872 bits per heavy atom. The SMILES string of the molecule is CC1(C)OC2OC(C(CC(=O)O)NC(=O)OCC3c4ccccc4-c4ccccc43)C3OC(C)(C)OC3C2O1. The van der Waals surface area contributed by atoms with Gasteiger partial charge in [0.2, 0.25) is 0 Å². The Morgan fingerprint density at radius 2 is 1.44 bits per heavy atom. The Kier molecular flexibility index (Phi) is 6.43. The second-order valence-electron chi connectivity index (χ2n) is 11.3. The van der Waals surface area contributed by atoms with Crippen LogP contribution in [0.3, 0.4) is 0 Å². The molecular formula is C29H33NO9. The van der Waals surface area contributed by atoms with Gasteiger partial charge >= 0.3 is 12.1 Å². The Bertz CT molecular complexity index is 1230. The molecule has 4 aliphatic rings. The lowest BCUT2D eigenvalue weighted by atomic mass is 9.92. The highest BCUT2D eigenvalue weighted by Crippen LogP contribution is 2.46. The molecule has 3 heterocycles. The lowest BCUT2D eigenvalue weighted by Gasteiger charge is -2.40. The predicted molar refractivity (Wildman–Crippen MR) is 137 cm³/mol. The van der Waals surface area contributed by atoms with Crippen LogP contribution in [0, 0.1) is 0 Å². The summed E-state index contributed by atoms with van der Waals surface area (Å²) in [5.74, 6) is -3.12. The van der Waals surface area contributed by atoms with Crippen LogP contribution in [-0.2, 0) is 33.2 Å². The van der Waals surface area contributed by atoms with Crippen molar-refractivity contribution >= 4 is 12.1 Å². The van der Waals surface area contributed by atoms with Crippen LogP contribution in [0.5, 0.6) is 0 Å². The molecule has 3 saturated heterocycles. The van der Waals surface area contributed by atoms with Gasteiger partial charge in [0.15, 0.2) is 17.9 Å². The zero-order chi connectivity index (χ0) is 27.5.